The quantitative estimate of drug-likeness (QED) is 0.612. The number of amides is 2. The van der Waals surface area contributed by atoms with Gasteiger partial charge >= 0.3 is 12.0 Å². The Labute approximate surface area is 114 Å². The van der Waals surface area contributed by atoms with Crippen LogP contribution in [0.2, 0.25) is 0 Å². The zero-order chi connectivity index (χ0) is 14.5. The molecule has 6 heteroatoms. The van der Waals surface area contributed by atoms with E-state index in [0.29, 0.717) is 6.54 Å². The van der Waals surface area contributed by atoms with Crippen molar-refractivity contribution in [2.75, 3.05) is 26.2 Å². The molecule has 1 unspecified atom stereocenters. The highest BCUT2D eigenvalue weighted by Gasteiger charge is 2.48. The summed E-state index contributed by atoms with van der Waals surface area (Å²) in [5.41, 5.74) is -1.14. The fourth-order valence-corrected chi connectivity index (χ4v) is 2.14. The summed E-state index contributed by atoms with van der Waals surface area (Å²) in [6.07, 6.45) is 1.73. The largest absolute Gasteiger partial charge is 0.480 e. The topological polar surface area (TPSA) is 81.7 Å². The van der Waals surface area contributed by atoms with Gasteiger partial charge in [0.25, 0.3) is 0 Å². The molecule has 0 spiro atoms. The van der Waals surface area contributed by atoms with Crippen LogP contribution in [0.1, 0.15) is 33.6 Å². The van der Waals surface area contributed by atoms with E-state index in [0.717, 1.165) is 32.5 Å². The van der Waals surface area contributed by atoms with E-state index >= 15 is 0 Å². The van der Waals surface area contributed by atoms with Crippen molar-refractivity contribution in [1.82, 2.24) is 15.5 Å². The van der Waals surface area contributed by atoms with E-state index in [2.05, 4.69) is 29.4 Å². The van der Waals surface area contributed by atoms with Crippen molar-refractivity contribution in [2.24, 2.45) is 5.92 Å². The normalized spacial score (nSPS) is 17.9. The summed E-state index contributed by atoms with van der Waals surface area (Å²) < 4.78 is 0. The zero-order valence-corrected chi connectivity index (χ0v) is 12.0. The predicted octanol–water partition coefficient (Wildman–Crippen LogP) is 0.881. The molecule has 2 amide bonds. The average molecular weight is 271 g/mol. The Kier molecular flexibility index (Phi) is 5.60. The Morgan fingerprint density at radius 3 is 2.32 bits per heavy atom. The van der Waals surface area contributed by atoms with Crippen LogP contribution in [0, 0.1) is 5.92 Å². The van der Waals surface area contributed by atoms with Gasteiger partial charge in [-0.05, 0) is 38.8 Å². The maximum Gasteiger partial charge on any atom is 0.329 e. The standard InChI is InChI=1S/C13H25N3O3/c1-4-16(5-2)9-8-14-12(19)15-13(3,11(17)18)10-6-7-10/h10H,4-9H2,1-3H3,(H,17,18)(H2,14,15,19). The third kappa shape index (κ3) is 4.38. The number of carboxylic acids is 1. The molecular formula is C13H25N3O3. The number of likely N-dealkylation sites (N-methyl/N-ethyl adjacent to an activating group) is 1. The summed E-state index contributed by atoms with van der Waals surface area (Å²) in [4.78, 5) is 25.2. The molecule has 0 heterocycles. The van der Waals surface area contributed by atoms with Gasteiger partial charge in [0.2, 0.25) is 0 Å². The number of nitrogens with zero attached hydrogens (tertiary/aromatic N) is 1. The van der Waals surface area contributed by atoms with E-state index in [1.165, 1.54) is 0 Å². The van der Waals surface area contributed by atoms with Crippen LogP contribution in [-0.2, 0) is 4.79 Å². The highest BCUT2D eigenvalue weighted by Crippen LogP contribution is 2.39. The van der Waals surface area contributed by atoms with E-state index in [4.69, 9.17) is 0 Å². The molecule has 0 aromatic carbocycles. The van der Waals surface area contributed by atoms with Crippen molar-refractivity contribution in [3.8, 4) is 0 Å². The van der Waals surface area contributed by atoms with E-state index < -0.39 is 17.5 Å². The Morgan fingerprint density at radius 2 is 1.89 bits per heavy atom. The first-order valence-electron chi connectivity index (χ1n) is 6.95. The lowest BCUT2D eigenvalue weighted by Gasteiger charge is -2.26. The van der Waals surface area contributed by atoms with Crippen molar-refractivity contribution in [1.29, 1.82) is 0 Å². The molecular weight excluding hydrogens is 246 g/mol. The third-order valence-corrected chi connectivity index (χ3v) is 3.82. The molecule has 19 heavy (non-hydrogen) atoms. The number of aliphatic carboxylic acids is 1. The minimum absolute atomic E-state index is 0.0542. The molecule has 1 saturated carbocycles. The van der Waals surface area contributed by atoms with Gasteiger partial charge in [0.15, 0.2) is 0 Å². The van der Waals surface area contributed by atoms with Crippen LogP contribution in [0.4, 0.5) is 4.79 Å². The van der Waals surface area contributed by atoms with Crippen molar-refractivity contribution >= 4 is 12.0 Å². The first-order valence-corrected chi connectivity index (χ1v) is 6.95. The van der Waals surface area contributed by atoms with Crippen LogP contribution < -0.4 is 10.6 Å². The minimum Gasteiger partial charge on any atom is -0.480 e. The van der Waals surface area contributed by atoms with Crippen LogP contribution in [0.15, 0.2) is 0 Å². The van der Waals surface area contributed by atoms with Gasteiger partial charge < -0.3 is 20.6 Å². The number of carboxylic acid groups (broad SMARTS) is 1. The van der Waals surface area contributed by atoms with Crippen LogP contribution in [0.25, 0.3) is 0 Å². The van der Waals surface area contributed by atoms with Crippen molar-refractivity contribution < 1.29 is 14.7 Å². The molecule has 1 fully saturated rings. The molecule has 0 bridgehead atoms. The molecule has 3 N–H and O–H groups in total. The molecule has 0 aliphatic heterocycles. The van der Waals surface area contributed by atoms with Crippen LogP contribution in [0.5, 0.6) is 0 Å². The van der Waals surface area contributed by atoms with Crippen molar-refractivity contribution in [3.05, 3.63) is 0 Å². The summed E-state index contributed by atoms with van der Waals surface area (Å²) in [7, 11) is 0. The summed E-state index contributed by atoms with van der Waals surface area (Å²) in [5.74, 6) is -0.910. The summed E-state index contributed by atoms with van der Waals surface area (Å²) in [6.45, 7) is 8.89. The molecule has 0 aromatic rings. The minimum atomic E-state index is -1.14. The van der Waals surface area contributed by atoms with Crippen LogP contribution >= 0.6 is 0 Å². The van der Waals surface area contributed by atoms with Gasteiger partial charge in [0.1, 0.15) is 5.54 Å². The number of carbonyl (C=O) groups is 2. The number of hydrogen-bond acceptors (Lipinski definition) is 3. The molecule has 1 atom stereocenters. The van der Waals surface area contributed by atoms with E-state index in [9.17, 15) is 14.7 Å². The van der Waals surface area contributed by atoms with Crippen molar-refractivity contribution in [2.45, 2.75) is 39.2 Å². The summed E-state index contributed by atoms with van der Waals surface area (Å²) in [6, 6.07) is -0.399. The monoisotopic (exact) mass is 271 g/mol. The molecule has 1 aliphatic carbocycles. The summed E-state index contributed by atoms with van der Waals surface area (Å²) >= 11 is 0. The van der Waals surface area contributed by atoms with Gasteiger partial charge in [0.05, 0.1) is 0 Å². The fourth-order valence-electron chi connectivity index (χ4n) is 2.14. The van der Waals surface area contributed by atoms with Crippen LogP contribution in [-0.4, -0.2) is 53.7 Å². The lowest BCUT2D eigenvalue weighted by atomic mass is 9.96. The average Bonchev–Trinajstić information content (AvgIpc) is 3.18. The highest BCUT2D eigenvalue weighted by molar-refractivity contribution is 5.86. The first-order chi connectivity index (χ1) is 8.93. The van der Waals surface area contributed by atoms with Gasteiger partial charge in [-0.2, -0.15) is 0 Å². The maximum absolute atomic E-state index is 11.7. The van der Waals surface area contributed by atoms with Gasteiger partial charge in [-0.3, -0.25) is 0 Å². The molecule has 0 aromatic heterocycles. The third-order valence-electron chi connectivity index (χ3n) is 3.82. The van der Waals surface area contributed by atoms with Gasteiger partial charge in [-0.1, -0.05) is 13.8 Å². The fraction of sp³-hybridized carbons (Fsp3) is 0.846. The number of carbonyl (C=O) groups excluding carboxylic acids is 1. The zero-order valence-electron chi connectivity index (χ0n) is 12.0. The molecule has 1 aliphatic rings. The Hall–Kier alpha value is -1.30. The molecule has 110 valence electrons. The SMILES string of the molecule is CCN(CC)CCNC(=O)NC(C)(C(=O)O)C1CC1. The number of rotatable bonds is 8. The lowest BCUT2D eigenvalue weighted by Crippen LogP contribution is -2.57. The second-order valence-electron chi connectivity index (χ2n) is 5.19. The summed E-state index contributed by atoms with van der Waals surface area (Å²) in [5, 5.41) is 14.5. The van der Waals surface area contributed by atoms with Gasteiger partial charge in [-0.15, -0.1) is 0 Å². The van der Waals surface area contributed by atoms with E-state index in [1.54, 1.807) is 6.92 Å². The lowest BCUT2D eigenvalue weighted by molar-refractivity contribution is -0.144. The van der Waals surface area contributed by atoms with Gasteiger partial charge in [-0.25, -0.2) is 9.59 Å². The van der Waals surface area contributed by atoms with Crippen LogP contribution in [0.3, 0.4) is 0 Å². The Balaban J connectivity index is 2.35. The number of nitrogens with one attached hydrogen (secondary N) is 2. The second kappa shape index (κ2) is 6.75. The first kappa shape index (κ1) is 15.8. The maximum atomic E-state index is 11.7. The predicted molar refractivity (Wildman–Crippen MR) is 73.1 cm³/mol. The smallest absolute Gasteiger partial charge is 0.329 e. The molecule has 0 saturated heterocycles. The molecule has 6 nitrogen and oxygen atoms in total. The Bertz CT molecular complexity index is 327. The van der Waals surface area contributed by atoms with Crippen molar-refractivity contribution in [3.63, 3.8) is 0 Å². The van der Waals surface area contributed by atoms with Gasteiger partial charge in [0, 0.05) is 13.1 Å². The molecule has 0 radical (unpaired) electrons. The number of urea groups is 1. The number of hydrogen-bond donors (Lipinski definition) is 3. The Morgan fingerprint density at radius 1 is 1.32 bits per heavy atom. The molecule has 1 rings (SSSR count). The van der Waals surface area contributed by atoms with E-state index in [-0.39, 0.29) is 5.92 Å². The highest BCUT2D eigenvalue weighted by atomic mass is 16.4. The second-order valence-corrected chi connectivity index (χ2v) is 5.19. The van der Waals surface area contributed by atoms with E-state index in [1.807, 2.05) is 0 Å².